The van der Waals surface area contributed by atoms with Crippen molar-refractivity contribution in [2.45, 2.75) is 24.5 Å². The van der Waals surface area contributed by atoms with Crippen molar-refractivity contribution in [2.24, 2.45) is 0 Å². The van der Waals surface area contributed by atoms with Gasteiger partial charge < -0.3 is 15.2 Å². The van der Waals surface area contributed by atoms with Gasteiger partial charge >= 0.3 is 11.9 Å². The van der Waals surface area contributed by atoms with Crippen molar-refractivity contribution in [1.29, 1.82) is 0 Å². The van der Waals surface area contributed by atoms with Crippen LogP contribution in [-0.2, 0) is 30.9 Å². The summed E-state index contributed by atoms with van der Waals surface area (Å²) in [6.45, 7) is 1.76. The number of carbonyl (C=O) groups excluding carboxylic acids is 1. The molecule has 0 radical (unpaired) electrons. The number of nitrogens with zero attached hydrogens (tertiary/aromatic N) is 2. The van der Waals surface area contributed by atoms with Gasteiger partial charge in [0.25, 0.3) is 10.0 Å². The van der Waals surface area contributed by atoms with Gasteiger partial charge in [-0.1, -0.05) is 12.1 Å². The zero-order chi connectivity index (χ0) is 24.9. The lowest BCUT2D eigenvalue weighted by Crippen LogP contribution is -2.14. The van der Waals surface area contributed by atoms with E-state index in [0.717, 1.165) is 10.0 Å². The van der Waals surface area contributed by atoms with Crippen molar-refractivity contribution in [3.8, 4) is 11.3 Å². The predicted octanol–water partition coefficient (Wildman–Crippen LogP) is 2.89. The number of aliphatic carboxylic acids is 1. The molecule has 0 amide bonds. The number of pyridine rings is 1. The molecule has 9 nitrogen and oxygen atoms in total. The van der Waals surface area contributed by atoms with Crippen LogP contribution in [0.5, 0.6) is 0 Å². The van der Waals surface area contributed by atoms with Crippen molar-refractivity contribution in [3.05, 3.63) is 84.1 Å². The van der Waals surface area contributed by atoms with E-state index < -0.39 is 33.9 Å². The Morgan fingerprint density at radius 2 is 2.03 bits per heavy atom. The molecule has 2 N–H and O–H groups in total. The summed E-state index contributed by atoms with van der Waals surface area (Å²) in [7, 11) is -2.39. The van der Waals surface area contributed by atoms with Gasteiger partial charge in [-0.05, 0) is 43.8 Å². The molecule has 2 aromatic heterocycles. The predicted molar refractivity (Wildman–Crippen MR) is 121 cm³/mol. The van der Waals surface area contributed by atoms with E-state index in [4.69, 9.17) is 9.84 Å². The number of aromatic nitrogens is 2. The van der Waals surface area contributed by atoms with Gasteiger partial charge in [-0.15, -0.1) is 0 Å². The van der Waals surface area contributed by atoms with E-state index in [9.17, 15) is 18.0 Å². The molecule has 34 heavy (non-hydrogen) atoms. The first kappa shape index (κ1) is 24.8. The van der Waals surface area contributed by atoms with Crippen LogP contribution in [0.2, 0.25) is 0 Å². The number of ether oxygens (including phenoxy) is 1. The number of esters is 1. The lowest BCUT2D eigenvalue weighted by molar-refractivity contribution is -0.143. The van der Waals surface area contributed by atoms with E-state index in [-0.39, 0.29) is 21.7 Å². The lowest BCUT2D eigenvalue weighted by atomic mass is 10.0. The molecule has 0 fully saturated rings. The van der Waals surface area contributed by atoms with Crippen LogP contribution < -0.4 is 5.32 Å². The summed E-state index contributed by atoms with van der Waals surface area (Å²) in [4.78, 5) is 26.2. The van der Waals surface area contributed by atoms with E-state index in [1.807, 2.05) is 0 Å². The maximum Gasteiger partial charge on any atom is 0.331 e. The molecule has 11 heteroatoms. The van der Waals surface area contributed by atoms with E-state index >= 15 is 4.39 Å². The number of nitrogens with one attached hydrogen (secondary N) is 1. The van der Waals surface area contributed by atoms with Crippen molar-refractivity contribution < 1.29 is 32.2 Å². The third-order valence-electron chi connectivity index (χ3n) is 4.81. The Bertz CT molecular complexity index is 1340. The van der Waals surface area contributed by atoms with Crippen LogP contribution in [0.4, 0.5) is 4.39 Å². The van der Waals surface area contributed by atoms with Gasteiger partial charge in [-0.2, -0.15) is 0 Å². The molecule has 0 aliphatic rings. The van der Waals surface area contributed by atoms with Crippen LogP contribution in [-0.4, -0.2) is 41.5 Å². The largest absolute Gasteiger partial charge is 0.478 e. The summed E-state index contributed by atoms with van der Waals surface area (Å²) in [5.74, 6) is -3.06. The Kier molecular flexibility index (Phi) is 7.59. The molecule has 3 rings (SSSR count). The monoisotopic (exact) mass is 487 g/mol. The maximum absolute atomic E-state index is 15.6. The van der Waals surface area contributed by atoms with Crippen molar-refractivity contribution >= 4 is 22.0 Å². The van der Waals surface area contributed by atoms with Gasteiger partial charge in [0.1, 0.15) is 16.8 Å². The number of hydrogen-bond donors (Lipinski definition) is 2. The summed E-state index contributed by atoms with van der Waals surface area (Å²) in [6, 6.07) is 8.76. The highest BCUT2D eigenvalue weighted by atomic mass is 32.2. The van der Waals surface area contributed by atoms with Gasteiger partial charge in [0, 0.05) is 48.4 Å². The van der Waals surface area contributed by atoms with E-state index in [1.54, 1.807) is 13.1 Å². The minimum absolute atomic E-state index is 0.00346. The standard InChI is InChI=1S/C23H22FN3O6S/c1-15(33-22(30)9-8-21(28)29)18-6-3-7-19(23(18)24)20-11-16(12-25-2)14-27(20)34(31,32)17-5-4-10-26-13-17/h3-11,13-15,25H,12H2,1-2H3,(H,28,29). The van der Waals surface area contributed by atoms with Crippen molar-refractivity contribution in [2.75, 3.05) is 7.05 Å². The molecule has 0 bridgehead atoms. The zero-order valence-corrected chi connectivity index (χ0v) is 19.1. The number of carbonyl (C=O) groups is 2. The molecule has 0 saturated carbocycles. The van der Waals surface area contributed by atoms with Gasteiger partial charge in [0.15, 0.2) is 0 Å². The number of halogens is 1. The molecule has 2 heterocycles. The fourth-order valence-corrected chi connectivity index (χ4v) is 4.64. The summed E-state index contributed by atoms with van der Waals surface area (Å²) in [5, 5.41) is 11.6. The molecule has 0 spiro atoms. The normalized spacial score (nSPS) is 12.6. The Morgan fingerprint density at radius 1 is 1.26 bits per heavy atom. The molecule has 1 atom stereocenters. The third-order valence-corrected chi connectivity index (χ3v) is 6.47. The molecule has 0 aliphatic heterocycles. The fraction of sp³-hybridized carbons (Fsp3) is 0.174. The van der Waals surface area contributed by atoms with E-state index in [2.05, 4.69) is 10.3 Å². The quantitative estimate of drug-likeness (QED) is 0.348. The molecule has 0 saturated heterocycles. The summed E-state index contributed by atoms with van der Waals surface area (Å²) < 4.78 is 48.3. The van der Waals surface area contributed by atoms with Crippen LogP contribution in [0.15, 0.2) is 72.0 Å². The average molecular weight is 488 g/mol. The fourth-order valence-electron chi connectivity index (χ4n) is 3.28. The smallest absolute Gasteiger partial charge is 0.331 e. The molecule has 3 aromatic rings. The van der Waals surface area contributed by atoms with Gasteiger partial charge in [0.05, 0.1) is 5.69 Å². The second-order valence-electron chi connectivity index (χ2n) is 7.21. The van der Waals surface area contributed by atoms with Crippen LogP contribution in [0.1, 0.15) is 24.2 Å². The molecule has 1 unspecified atom stereocenters. The van der Waals surface area contributed by atoms with E-state index in [1.165, 1.54) is 55.8 Å². The van der Waals surface area contributed by atoms with E-state index in [0.29, 0.717) is 18.2 Å². The Labute approximate surface area is 195 Å². The molecular formula is C23H22FN3O6S. The van der Waals surface area contributed by atoms with Crippen LogP contribution >= 0.6 is 0 Å². The Balaban J connectivity index is 2.07. The summed E-state index contributed by atoms with van der Waals surface area (Å²) in [6.07, 6.45) is 4.31. The SMILES string of the molecule is CNCc1cc(-c2cccc(C(C)OC(=O)C=CC(=O)O)c2F)n(S(=O)(=O)c2cccnc2)c1. The first-order valence-electron chi connectivity index (χ1n) is 10.1. The lowest BCUT2D eigenvalue weighted by Gasteiger charge is -2.16. The highest BCUT2D eigenvalue weighted by molar-refractivity contribution is 7.90. The van der Waals surface area contributed by atoms with Gasteiger partial charge in [-0.3, -0.25) is 4.98 Å². The van der Waals surface area contributed by atoms with Crippen LogP contribution in [0.3, 0.4) is 0 Å². The highest BCUT2D eigenvalue weighted by Crippen LogP contribution is 2.32. The average Bonchev–Trinajstić information content (AvgIpc) is 3.23. The summed E-state index contributed by atoms with van der Waals surface area (Å²) >= 11 is 0. The van der Waals surface area contributed by atoms with Crippen molar-refractivity contribution in [1.82, 2.24) is 14.3 Å². The highest BCUT2D eigenvalue weighted by Gasteiger charge is 2.25. The van der Waals surface area contributed by atoms with Crippen LogP contribution in [0, 0.1) is 5.82 Å². The van der Waals surface area contributed by atoms with Crippen molar-refractivity contribution in [3.63, 3.8) is 0 Å². The molecule has 1 aromatic carbocycles. The second kappa shape index (κ2) is 10.4. The minimum Gasteiger partial charge on any atom is -0.478 e. The first-order valence-corrected chi connectivity index (χ1v) is 11.5. The van der Waals surface area contributed by atoms with Crippen LogP contribution in [0.25, 0.3) is 11.3 Å². The van der Waals surface area contributed by atoms with Gasteiger partial charge in [-0.25, -0.2) is 26.4 Å². The number of carboxylic acid groups (broad SMARTS) is 1. The molecule has 178 valence electrons. The second-order valence-corrected chi connectivity index (χ2v) is 9.03. The number of benzene rings is 1. The summed E-state index contributed by atoms with van der Waals surface area (Å²) in [5.41, 5.74) is 0.665. The van der Waals surface area contributed by atoms with Gasteiger partial charge in [0.2, 0.25) is 0 Å². The number of hydrogen-bond acceptors (Lipinski definition) is 7. The maximum atomic E-state index is 15.6. The number of carboxylic acids is 1. The minimum atomic E-state index is -4.09. The Morgan fingerprint density at radius 3 is 2.68 bits per heavy atom. The third kappa shape index (κ3) is 5.38. The molecule has 0 aliphatic carbocycles. The zero-order valence-electron chi connectivity index (χ0n) is 18.3. The topological polar surface area (TPSA) is 128 Å². The first-order chi connectivity index (χ1) is 16.1. The Hall–Kier alpha value is -3.83. The number of rotatable bonds is 9. The molecular weight excluding hydrogens is 465 g/mol.